The molecule has 3 heterocycles. The number of aryl methyl sites for hydroxylation is 1. The van der Waals surface area contributed by atoms with E-state index in [0.717, 1.165) is 0 Å². The van der Waals surface area contributed by atoms with Crippen molar-refractivity contribution in [1.29, 1.82) is 0 Å². The van der Waals surface area contributed by atoms with Crippen molar-refractivity contribution in [3.05, 3.63) is 58.0 Å². The first-order valence-electron chi connectivity index (χ1n) is 7.08. The van der Waals surface area contributed by atoms with Crippen LogP contribution in [0.1, 0.15) is 5.82 Å². The molecule has 0 aliphatic carbocycles. The third-order valence-electron chi connectivity index (χ3n) is 3.60. The van der Waals surface area contributed by atoms with Crippen LogP contribution in [0.3, 0.4) is 0 Å². The van der Waals surface area contributed by atoms with Gasteiger partial charge in [-0.3, -0.25) is 14.0 Å². The molecule has 0 amide bonds. The van der Waals surface area contributed by atoms with Gasteiger partial charge in [0.25, 0.3) is 11.4 Å². The number of halogens is 1. The molecule has 0 saturated carbocycles. The van der Waals surface area contributed by atoms with Gasteiger partial charge in [0, 0.05) is 7.05 Å². The average Bonchev–Trinajstić information content (AvgIpc) is 3.18. The minimum absolute atomic E-state index is 0.143. The largest absolute Gasteiger partial charge is 0.334 e. The first-order chi connectivity index (χ1) is 11.6. The Morgan fingerprint density at radius 3 is 2.96 bits per heavy atom. The zero-order chi connectivity index (χ0) is 16.7. The summed E-state index contributed by atoms with van der Waals surface area (Å²) in [4.78, 5) is 21.0. The van der Waals surface area contributed by atoms with Crippen LogP contribution in [0.5, 0.6) is 0 Å². The molecule has 0 aliphatic rings. The van der Waals surface area contributed by atoms with Crippen molar-refractivity contribution in [1.82, 2.24) is 29.5 Å². The van der Waals surface area contributed by atoms with Gasteiger partial charge in [0.1, 0.15) is 11.7 Å². The zero-order valence-corrected chi connectivity index (χ0v) is 13.3. The summed E-state index contributed by atoms with van der Waals surface area (Å²) in [5, 5.41) is 8.89. The Morgan fingerprint density at radius 2 is 2.12 bits per heavy atom. The highest BCUT2D eigenvalue weighted by Crippen LogP contribution is 2.25. The Labute approximate surface area is 140 Å². The van der Waals surface area contributed by atoms with Gasteiger partial charge >= 0.3 is 0 Å². The number of fused-ring (bicyclic) bond motifs is 1. The van der Waals surface area contributed by atoms with Crippen LogP contribution in [-0.4, -0.2) is 29.5 Å². The van der Waals surface area contributed by atoms with Gasteiger partial charge in [-0.05, 0) is 12.1 Å². The van der Waals surface area contributed by atoms with E-state index in [4.69, 9.17) is 16.1 Å². The summed E-state index contributed by atoms with van der Waals surface area (Å²) in [6.07, 6.45) is 2.93. The molecule has 120 valence electrons. The lowest BCUT2D eigenvalue weighted by atomic mass is 10.2. The highest BCUT2D eigenvalue weighted by molar-refractivity contribution is 6.33. The molecule has 4 rings (SSSR count). The van der Waals surface area contributed by atoms with Crippen molar-refractivity contribution in [2.45, 2.75) is 6.54 Å². The molecule has 0 fully saturated rings. The van der Waals surface area contributed by atoms with Gasteiger partial charge in [-0.1, -0.05) is 28.9 Å². The maximum atomic E-state index is 12.4. The predicted molar refractivity (Wildman–Crippen MR) is 86.6 cm³/mol. The van der Waals surface area contributed by atoms with Crippen LogP contribution in [0, 0.1) is 0 Å². The van der Waals surface area contributed by atoms with E-state index in [1.165, 1.54) is 17.1 Å². The lowest BCUT2D eigenvalue weighted by Gasteiger charge is -2.01. The maximum Gasteiger partial charge on any atom is 0.264 e. The lowest BCUT2D eigenvalue weighted by molar-refractivity contribution is 0.420. The fourth-order valence-corrected chi connectivity index (χ4v) is 2.61. The quantitative estimate of drug-likeness (QED) is 0.564. The summed E-state index contributed by atoms with van der Waals surface area (Å²) in [7, 11) is 1.73. The molecule has 3 aromatic heterocycles. The minimum atomic E-state index is -0.211. The molecule has 8 nitrogen and oxygen atoms in total. The van der Waals surface area contributed by atoms with E-state index in [1.807, 2.05) is 12.1 Å². The van der Waals surface area contributed by atoms with Crippen molar-refractivity contribution in [3.8, 4) is 11.5 Å². The Balaban J connectivity index is 1.69. The van der Waals surface area contributed by atoms with Crippen LogP contribution in [0.15, 0.2) is 46.1 Å². The van der Waals surface area contributed by atoms with Gasteiger partial charge in [0.05, 0.1) is 23.3 Å². The molecular weight excluding hydrogens is 332 g/mol. The summed E-state index contributed by atoms with van der Waals surface area (Å²) < 4.78 is 8.19. The minimum Gasteiger partial charge on any atom is -0.334 e. The normalized spacial score (nSPS) is 11.2. The second kappa shape index (κ2) is 5.57. The van der Waals surface area contributed by atoms with E-state index in [1.54, 1.807) is 23.9 Å². The van der Waals surface area contributed by atoms with E-state index < -0.39 is 0 Å². The highest BCUT2D eigenvalue weighted by Gasteiger charge is 2.14. The number of hydrogen-bond donors (Lipinski definition) is 0. The third-order valence-corrected chi connectivity index (χ3v) is 3.93. The van der Waals surface area contributed by atoms with Crippen molar-refractivity contribution < 1.29 is 4.52 Å². The van der Waals surface area contributed by atoms with E-state index in [-0.39, 0.29) is 12.1 Å². The molecule has 4 aromatic rings. The summed E-state index contributed by atoms with van der Waals surface area (Å²) >= 11 is 6.12. The third kappa shape index (κ3) is 2.37. The molecule has 0 spiro atoms. The number of hydrogen-bond acceptors (Lipinski definition) is 6. The van der Waals surface area contributed by atoms with Crippen LogP contribution >= 0.6 is 11.6 Å². The first kappa shape index (κ1) is 14.6. The van der Waals surface area contributed by atoms with E-state index in [0.29, 0.717) is 33.3 Å². The second-order valence-electron chi connectivity index (χ2n) is 5.18. The van der Waals surface area contributed by atoms with Gasteiger partial charge < -0.3 is 4.52 Å². The molecule has 0 atom stereocenters. The lowest BCUT2D eigenvalue weighted by Crippen LogP contribution is -2.21. The average molecular weight is 343 g/mol. The maximum absolute atomic E-state index is 12.4. The van der Waals surface area contributed by atoms with Gasteiger partial charge in [0.15, 0.2) is 11.5 Å². The SMILES string of the molecule is Cn1ncc2c(=O)n(Cc3noc(-c4ccccc4Cl)n3)cnc21. The Bertz CT molecular complexity index is 1100. The van der Waals surface area contributed by atoms with Crippen LogP contribution in [0.2, 0.25) is 5.02 Å². The fourth-order valence-electron chi connectivity index (χ4n) is 2.39. The van der Waals surface area contributed by atoms with E-state index >= 15 is 0 Å². The molecule has 0 radical (unpaired) electrons. The monoisotopic (exact) mass is 342 g/mol. The van der Waals surface area contributed by atoms with Gasteiger partial charge in [-0.25, -0.2) is 4.98 Å². The smallest absolute Gasteiger partial charge is 0.264 e. The summed E-state index contributed by atoms with van der Waals surface area (Å²) in [5.41, 5.74) is 0.962. The molecular formula is C15H11ClN6O2. The Hall–Kier alpha value is -3.00. The molecule has 24 heavy (non-hydrogen) atoms. The van der Waals surface area contributed by atoms with Gasteiger partial charge in [-0.2, -0.15) is 10.1 Å². The standard InChI is InChI=1S/C15H11ClN6O2/c1-21-13-10(6-18-21)15(23)22(8-17-13)7-12-19-14(24-20-12)9-4-2-3-5-11(9)16/h2-6,8H,7H2,1H3. The number of rotatable bonds is 3. The summed E-state index contributed by atoms with van der Waals surface area (Å²) in [6.45, 7) is 0.143. The molecule has 9 heteroatoms. The number of aromatic nitrogens is 6. The zero-order valence-electron chi connectivity index (χ0n) is 12.5. The van der Waals surface area contributed by atoms with Crippen molar-refractivity contribution in [3.63, 3.8) is 0 Å². The van der Waals surface area contributed by atoms with Crippen molar-refractivity contribution >= 4 is 22.6 Å². The molecule has 0 aliphatic heterocycles. The van der Waals surface area contributed by atoms with Crippen molar-refractivity contribution in [2.24, 2.45) is 7.05 Å². The predicted octanol–water partition coefficient (Wildman–Crippen LogP) is 1.88. The number of nitrogens with zero attached hydrogens (tertiary/aromatic N) is 6. The molecule has 0 N–H and O–H groups in total. The molecule has 1 aromatic carbocycles. The van der Waals surface area contributed by atoms with E-state index in [2.05, 4.69) is 20.2 Å². The van der Waals surface area contributed by atoms with Gasteiger partial charge in [-0.15, -0.1) is 0 Å². The fraction of sp³-hybridized carbons (Fsp3) is 0.133. The Kier molecular flexibility index (Phi) is 3.39. The molecule has 0 saturated heterocycles. The van der Waals surface area contributed by atoms with Crippen molar-refractivity contribution in [2.75, 3.05) is 0 Å². The van der Waals surface area contributed by atoms with Gasteiger partial charge in [0.2, 0.25) is 0 Å². The molecule has 0 bridgehead atoms. The van der Waals surface area contributed by atoms with E-state index in [9.17, 15) is 4.79 Å². The Morgan fingerprint density at radius 1 is 1.29 bits per heavy atom. The van der Waals surface area contributed by atoms with Crippen LogP contribution in [0.4, 0.5) is 0 Å². The molecule has 0 unspecified atom stereocenters. The summed E-state index contributed by atoms with van der Waals surface area (Å²) in [5.74, 6) is 0.663. The van der Waals surface area contributed by atoms with Crippen LogP contribution < -0.4 is 5.56 Å². The second-order valence-corrected chi connectivity index (χ2v) is 5.59. The van der Waals surface area contributed by atoms with Crippen LogP contribution in [-0.2, 0) is 13.6 Å². The van der Waals surface area contributed by atoms with Crippen LogP contribution in [0.25, 0.3) is 22.5 Å². The number of benzene rings is 1. The highest BCUT2D eigenvalue weighted by atomic mass is 35.5. The summed E-state index contributed by atoms with van der Waals surface area (Å²) in [6, 6.07) is 7.17. The first-order valence-corrected chi connectivity index (χ1v) is 7.46. The topological polar surface area (TPSA) is 91.6 Å².